The van der Waals surface area contributed by atoms with Gasteiger partial charge in [0.1, 0.15) is 17.9 Å². The molecule has 0 bridgehead atoms. The molecule has 2 rings (SSSR count). The zero-order valence-electron chi connectivity index (χ0n) is 10.1. The molecule has 0 radical (unpaired) electrons. The smallest absolute Gasteiger partial charge is 0.341 e. The van der Waals surface area contributed by atoms with Crippen LogP contribution in [0.25, 0.3) is 0 Å². The standard InChI is InChI=1S/C13H13NO4/c1-8-3-5-10(6-4-8)17-7-11-12(13(15)16)9(2)14-18-11/h3-6H,7H2,1-2H3,(H,15,16). The minimum absolute atomic E-state index is 0.0472. The van der Waals surface area contributed by atoms with Crippen LogP contribution in [0.2, 0.25) is 0 Å². The van der Waals surface area contributed by atoms with E-state index < -0.39 is 5.97 Å². The van der Waals surface area contributed by atoms with Crippen molar-refractivity contribution in [1.29, 1.82) is 0 Å². The van der Waals surface area contributed by atoms with E-state index >= 15 is 0 Å². The lowest BCUT2D eigenvalue weighted by molar-refractivity contribution is 0.0691. The molecule has 0 aliphatic rings. The van der Waals surface area contributed by atoms with E-state index in [2.05, 4.69) is 5.16 Å². The number of carbonyl (C=O) groups is 1. The summed E-state index contributed by atoms with van der Waals surface area (Å²) in [4.78, 5) is 11.0. The van der Waals surface area contributed by atoms with E-state index in [0.29, 0.717) is 11.4 Å². The van der Waals surface area contributed by atoms with Gasteiger partial charge in [-0.25, -0.2) is 4.79 Å². The van der Waals surface area contributed by atoms with Gasteiger partial charge in [0.05, 0.1) is 5.69 Å². The molecule has 94 valence electrons. The summed E-state index contributed by atoms with van der Waals surface area (Å²) in [6.07, 6.45) is 0. The number of nitrogens with zero attached hydrogens (tertiary/aromatic N) is 1. The van der Waals surface area contributed by atoms with Crippen molar-refractivity contribution < 1.29 is 19.2 Å². The Bertz CT molecular complexity index is 557. The molecule has 0 amide bonds. The number of carboxylic acids is 1. The van der Waals surface area contributed by atoms with Crippen LogP contribution in [0.1, 0.15) is 27.4 Å². The van der Waals surface area contributed by atoms with Crippen molar-refractivity contribution in [2.45, 2.75) is 20.5 Å². The van der Waals surface area contributed by atoms with E-state index in [0.717, 1.165) is 5.56 Å². The van der Waals surface area contributed by atoms with Gasteiger partial charge in [0.2, 0.25) is 0 Å². The van der Waals surface area contributed by atoms with Crippen molar-refractivity contribution in [3.63, 3.8) is 0 Å². The Balaban J connectivity index is 2.11. The normalized spacial score (nSPS) is 10.3. The number of hydrogen-bond acceptors (Lipinski definition) is 4. The first kappa shape index (κ1) is 12.2. The highest BCUT2D eigenvalue weighted by Gasteiger charge is 2.19. The molecule has 1 aromatic carbocycles. The van der Waals surface area contributed by atoms with Crippen molar-refractivity contribution in [1.82, 2.24) is 5.16 Å². The number of hydrogen-bond donors (Lipinski definition) is 1. The third-order valence-corrected chi connectivity index (χ3v) is 2.54. The van der Waals surface area contributed by atoms with Crippen LogP contribution in [-0.2, 0) is 6.61 Å². The Morgan fingerprint density at radius 1 is 1.33 bits per heavy atom. The minimum atomic E-state index is -1.06. The van der Waals surface area contributed by atoms with Crippen molar-refractivity contribution >= 4 is 5.97 Å². The number of aromatic carboxylic acids is 1. The molecular formula is C13H13NO4. The van der Waals surface area contributed by atoms with Gasteiger partial charge in [0, 0.05) is 0 Å². The largest absolute Gasteiger partial charge is 0.486 e. The fraction of sp³-hybridized carbons (Fsp3) is 0.231. The fourth-order valence-electron chi connectivity index (χ4n) is 1.57. The lowest BCUT2D eigenvalue weighted by Gasteiger charge is -2.04. The van der Waals surface area contributed by atoms with Gasteiger partial charge >= 0.3 is 5.97 Å². The molecule has 1 aromatic heterocycles. The van der Waals surface area contributed by atoms with E-state index in [1.165, 1.54) is 0 Å². The second-order valence-corrected chi connectivity index (χ2v) is 3.97. The quantitative estimate of drug-likeness (QED) is 0.898. The van der Waals surface area contributed by atoms with Gasteiger partial charge in [-0.3, -0.25) is 0 Å². The average Bonchev–Trinajstić information content (AvgIpc) is 2.70. The molecule has 18 heavy (non-hydrogen) atoms. The Hall–Kier alpha value is -2.30. The topological polar surface area (TPSA) is 72.6 Å². The van der Waals surface area contributed by atoms with Crippen molar-refractivity contribution in [2.75, 3.05) is 0 Å². The maximum atomic E-state index is 11.0. The van der Waals surface area contributed by atoms with Gasteiger partial charge in [-0.2, -0.15) is 0 Å². The minimum Gasteiger partial charge on any atom is -0.486 e. The number of benzene rings is 1. The zero-order chi connectivity index (χ0) is 13.1. The highest BCUT2D eigenvalue weighted by molar-refractivity contribution is 5.89. The van der Waals surface area contributed by atoms with Crippen molar-refractivity contribution in [3.8, 4) is 5.75 Å². The number of aromatic nitrogens is 1. The molecule has 0 saturated carbocycles. The van der Waals surface area contributed by atoms with Crippen LogP contribution < -0.4 is 4.74 Å². The van der Waals surface area contributed by atoms with Crippen LogP contribution >= 0.6 is 0 Å². The monoisotopic (exact) mass is 247 g/mol. The summed E-state index contributed by atoms with van der Waals surface area (Å²) in [7, 11) is 0. The summed E-state index contributed by atoms with van der Waals surface area (Å²) < 4.78 is 10.4. The second kappa shape index (κ2) is 4.91. The lowest BCUT2D eigenvalue weighted by Crippen LogP contribution is -2.04. The van der Waals surface area contributed by atoms with E-state index in [1.54, 1.807) is 6.92 Å². The maximum Gasteiger partial charge on any atom is 0.341 e. The van der Waals surface area contributed by atoms with Crippen LogP contribution in [0.3, 0.4) is 0 Å². The second-order valence-electron chi connectivity index (χ2n) is 3.97. The molecule has 0 saturated heterocycles. The molecule has 2 aromatic rings. The van der Waals surface area contributed by atoms with Crippen LogP contribution in [0.5, 0.6) is 5.75 Å². The first-order valence-corrected chi connectivity index (χ1v) is 5.46. The number of aryl methyl sites for hydroxylation is 2. The Morgan fingerprint density at radius 2 is 2.00 bits per heavy atom. The van der Waals surface area contributed by atoms with Crippen LogP contribution in [0.15, 0.2) is 28.8 Å². The van der Waals surface area contributed by atoms with Crippen molar-refractivity contribution in [3.05, 3.63) is 46.8 Å². The number of rotatable bonds is 4. The molecule has 0 aliphatic carbocycles. The van der Waals surface area contributed by atoms with Crippen LogP contribution in [0.4, 0.5) is 0 Å². The Labute approximate surface area is 104 Å². The Kier molecular flexibility index (Phi) is 3.32. The molecule has 0 spiro atoms. The number of carboxylic acid groups (broad SMARTS) is 1. The highest BCUT2D eigenvalue weighted by atomic mass is 16.5. The van der Waals surface area contributed by atoms with E-state index in [4.69, 9.17) is 14.4 Å². The molecule has 5 nitrogen and oxygen atoms in total. The Morgan fingerprint density at radius 3 is 2.61 bits per heavy atom. The van der Waals surface area contributed by atoms with E-state index in [-0.39, 0.29) is 17.9 Å². The summed E-state index contributed by atoms with van der Waals surface area (Å²) in [5, 5.41) is 12.6. The maximum absolute atomic E-state index is 11.0. The first-order valence-electron chi connectivity index (χ1n) is 5.46. The summed E-state index contributed by atoms with van der Waals surface area (Å²) >= 11 is 0. The molecule has 5 heteroatoms. The first-order chi connectivity index (χ1) is 8.58. The molecule has 1 N–H and O–H groups in total. The lowest BCUT2D eigenvalue weighted by atomic mass is 10.2. The van der Waals surface area contributed by atoms with Gasteiger partial charge in [-0.15, -0.1) is 0 Å². The van der Waals surface area contributed by atoms with E-state index in [1.807, 2.05) is 31.2 Å². The molecule has 0 fully saturated rings. The molecular weight excluding hydrogens is 234 g/mol. The van der Waals surface area contributed by atoms with Gasteiger partial charge in [-0.05, 0) is 26.0 Å². The average molecular weight is 247 g/mol. The SMILES string of the molecule is Cc1ccc(OCc2onc(C)c2C(=O)O)cc1. The fourth-order valence-corrected chi connectivity index (χ4v) is 1.57. The third kappa shape index (κ3) is 2.51. The van der Waals surface area contributed by atoms with Gasteiger partial charge in [0.15, 0.2) is 5.76 Å². The summed E-state index contributed by atoms with van der Waals surface area (Å²) in [5.41, 5.74) is 1.55. The van der Waals surface area contributed by atoms with Crippen molar-refractivity contribution in [2.24, 2.45) is 0 Å². The highest BCUT2D eigenvalue weighted by Crippen LogP contribution is 2.17. The van der Waals surface area contributed by atoms with Gasteiger partial charge in [0.25, 0.3) is 0 Å². The molecule has 1 heterocycles. The van der Waals surface area contributed by atoms with Crippen LogP contribution in [-0.4, -0.2) is 16.2 Å². The predicted molar refractivity (Wildman–Crippen MR) is 63.7 cm³/mol. The third-order valence-electron chi connectivity index (χ3n) is 2.54. The summed E-state index contributed by atoms with van der Waals surface area (Å²) in [6.45, 7) is 3.61. The van der Waals surface area contributed by atoms with Crippen LogP contribution in [0, 0.1) is 13.8 Å². The van der Waals surface area contributed by atoms with Gasteiger partial charge in [-0.1, -0.05) is 22.9 Å². The molecule has 0 aliphatic heterocycles. The van der Waals surface area contributed by atoms with Gasteiger partial charge < -0.3 is 14.4 Å². The summed E-state index contributed by atoms with van der Waals surface area (Å²) in [5.74, 6) is -0.178. The van der Waals surface area contributed by atoms with E-state index in [9.17, 15) is 4.79 Å². The predicted octanol–water partition coefficient (Wildman–Crippen LogP) is 2.57. The zero-order valence-corrected chi connectivity index (χ0v) is 10.1. The molecule has 0 atom stereocenters. The molecule has 0 unspecified atom stereocenters. The number of ether oxygens (including phenoxy) is 1. The summed E-state index contributed by atoms with van der Waals surface area (Å²) in [6, 6.07) is 7.47.